The highest BCUT2D eigenvalue weighted by molar-refractivity contribution is 6.30. The van der Waals surface area contributed by atoms with Crippen LogP contribution in [0.4, 0.5) is 0 Å². The number of carbonyl (C=O) groups is 1. The smallest absolute Gasteiger partial charge is 0.256 e. The molecule has 0 fully saturated rings. The maximum Gasteiger partial charge on any atom is 0.256 e. The van der Waals surface area contributed by atoms with Crippen LogP contribution >= 0.6 is 11.6 Å². The van der Waals surface area contributed by atoms with Gasteiger partial charge in [0.2, 0.25) is 0 Å². The molecule has 0 radical (unpaired) electrons. The van der Waals surface area contributed by atoms with Gasteiger partial charge >= 0.3 is 0 Å². The topological polar surface area (TPSA) is 49.8 Å². The van der Waals surface area contributed by atoms with Gasteiger partial charge in [-0.3, -0.25) is 4.79 Å². The van der Waals surface area contributed by atoms with E-state index in [4.69, 9.17) is 16.3 Å². The number of aliphatic hydroxyl groups is 1. The monoisotopic (exact) mass is 319 g/mol. The minimum atomic E-state index is -1.22. The Morgan fingerprint density at radius 3 is 2.68 bits per heavy atom. The fraction of sp³-hybridized carbons (Fsp3) is 0.235. The molecular formula is C17H18ClNO3. The summed E-state index contributed by atoms with van der Waals surface area (Å²) < 4.78 is 5.10. The first-order valence-corrected chi connectivity index (χ1v) is 7.20. The number of ether oxygens (including phenoxy) is 1. The molecule has 2 aromatic rings. The third-order valence-electron chi connectivity index (χ3n) is 3.33. The highest BCUT2D eigenvalue weighted by atomic mass is 35.5. The van der Waals surface area contributed by atoms with Crippen LogP contribution in [0.15, 0.2) is 48.5 Å². The van der Waals surface area contributed by atoms with Gasteiger partial charge in [-0.05, 0) is 35.4 Å². The Labute approximate surface area is 134 Å². The van der Waals surface area contributed by atoms with Gasteiger partial charge in [-0.15, -0.1) is 0 Å². The number of likely N-dealkylation sites (N-methyl/N-ethyl adjacent to an activating group) is 1. The van der Waals surface area contributed by atoms with Crippen LogP contribution in [0.5, 0.6) is 5.75 Å². The largest absolute Gasteiger partial charge is 0.497 e. The van der Waals surface area contributed by atoms with Crippen molar-refractivity contribution in [1.82, 2.24) is 4.90 Å². The number of hydrogen-bond acceptors (Lipinski definition) is 3. The van der Waals surface area contributed by atoms with Crippen LogP contribution in [0.1, 0.15) is 17.2 Å². The Kier molecular flexibility index (Phi) is 5.41. The van der Waals surface area contributed by atoms with E-state index < -0.39 is 6.10 Å². The molecule has 0 aliphatic rings. The second kappa shape index (κ2) is 7.29. The zero-order valence-corrected chi connectivity index (χ0v) is 13.2. The summed E-state index contributed by atoms with van der Waals surface area (Å²) in [5.41, 5.74) is 1.41. The summed E-state index contributed by atoms with van der Waals surface area (Å²) in [4.78, 5) is 13.8. The van der Waals surface area contributed by atoms with E-state index in [1.165, 1.54) is 4.90 Å². The Morgan fingerprint density at radius 1 is 1.27 bits per heavy atom. The normalized spacial score (nSPS) is 11.8. The summed E-state index contributed by atoms with van der Waals surface area (Å²) in [7, 11) is 3.19. The van der Waals surface area contributed by atoms with Crippen molar-refractivity contribution in [1.29, 1.82) is 0 Å². The van der Waals surface area contributed by atoms with Crippen molar-refractivity contribution in [3.8, 4) is 5.75 Å². The van der Waals surface area contributed by atoms with Crippen LogP contribution in [0.3, 0.4) is 0 Å². The first-order chi connectivity index (χ1) is 10.5. The predicted molar refractivity (Wildman–Crippen MR) is 85.9 cm³/mol. The molecule has 5 heteroatoms. The number of amides is 1. The van der Waals surface area contributed by atoms with Crippen molar-refractivity contribution in [3.05, 3.63) is 64.7 Å². The Bertz CT molecular complexity index is 660. The molecule has 0 aliphatic heterocycles. The molecule has 0 heterocycles. The Balaban J connectivity index is 2.09. The minimum Gasteiger partial charge on any atom is -0.497 e. The molecule has 4 nitrogen and oxygen atoms in total. The van der Waals surface area contributed by atoms with Gasteiger partial charge in [-0.2, -0.15) is 0 Å². The summed E-state index contributed by atoms with van der Waals surface area (Å²) >= 11 is 5.93. The maximum absolute atomic E-state index is 12.3. The Hall–Kier alpha value is -2.04. The lowest BCUT2D eigenvalue weighted by Gasteiger charge is -2.21. The van der Waals surface area contributed by atoms with Crippen LogP contribution in [-0.4, -0.2) is 30.1 Å². The minimum absolute atomic E-state index is 0.375. The van der Waals surface area contributed by atoms with Gasteiger partial charge < -0.3 is 14.7 Å². The van der Waals surface area contributed by atoms with Crippen molar-refractivity contribution in [2.24, 2.45) is 0 Å². The second-order valence-electron chi connectivity index (χ2n) is 5.00. The quantitative estimate of drug-likeness (QED) is 0.921. The average molecular weight is 320 g/mol. The molecule has 22 heavy (non-hydrogen) atoms. The number of nitrogens with zero attached hydrogens (tertiary/aromatic N) is 1. The van der Waals surface area contributed by atoms with Crippen molar-refractivity contribution < 1.29 is 14.6 Å². The number of hydrogen-bond donors (Lipinski definition) is 1. The van der Waals surface area contributed by atoms with Crippen molar-refractivity contribution in [2.75, 3.05) is 14.2 Å². The van der Waals surface area contributed by atoms with Crippen LogP contribution in [0.2, 0.25) is 5.02 Å². The first-order valence-electron chi connectivity index (χ1n) is 6.82. The lowest BCUT2D eigenvalue weighted by molar-refractivity contribution is -0.139. The lowest BCUT2D eigenvalue weighted by Crippen LogP contribution is -2.31. The SMILES string of the molecule is COc1cccc(C(O)C(=O)N(C)Cc2cccc(Cl)c2)c1. The molecule has 1 unspecified atom stereocenters. The molecule has 2 aromatic carbocycles. The average Bonchev–Trinajstić information content (AvgIpc) is 2.53. The fourth-order valence-corrected chi connectivity index (χ4v) is 2.36. The summed E-state index contributed by atoms with van der Waals surface area (Å²) in [5, 5.41) is 10.9. The maximum atomic E-state index is 12.3. The van der Waals surface area contributed by atoms with Crippen molar-refractivity contribution in [3.63, 3.8) is 0 Å². The lowest BCUT2D eigenvalue weighted by atomic mass is 10.1. The van der Waals surface area contributed by atoms with Crippen LogP contribution in [0, 0.1) is 0 Å². The van der Waals surface area contributed by atoms with E-state index in [1.807, 2.05) is 12.1 Å². The number of rotatable bonds is 5. The van der Waals surface area contributed by atoms with E-state index in [0.29, 0.717) is 22.9 Å². The number of aliphatic hydroxyl groups excluding tert-OH is 1. The molecule has 1 atom stereocenters. The second-order valence-corrected chi connectivity index (χ2v) is 5.44. The van der Waals surface area contributed by atoms with Gasteiger partial charge in [0.05, 0.1) is 7.11 Å². The molecule has 1 N–H and O–H groups in total. The molecule has 2 rings (SSSR count). The third-order valence-corrected chi connectivity index (χ3v) is 3.56. The van der Waals surface area contributed by atoms with E-state index >= 15 is 0 Å². The number of carbonyl (C=O) groups excluding carboxylic acids is 1. The van der Waals surface area contributed by atoms with Gasteiger partial charge in [0.15, 0.2) is 6.10 Å². The van der Waals surface area contributed by atoms with Crippen molar-refractivity contribution in [2.45, 2.75) is 12.6 Å². The van der Waals surface area contributed by atoms with Gasteiger partial charge in [-0.1, -0.05) is 35.9 Å². The van der Waals surface area contributed by atoms with Gasteiger partial charge in [-0.25, -0.2) is 0 Å². The molecule has 116 valence electrons. The van der Waals surface area contributed by atoms with E-state index in [1.54, 1.807) is 50.6 Å². The highest BCUT2D eigenvalue weighted by Gasteiger charge is 2.21. The molecule has 1 amide bonds. The molecule has 0 spiro atoms. The summed E-state index contributed by atoms with van der Waals surface area (Å²) in [6.07, 6.45) is -1.22. The molecule has 0 saturated carbocycles. The molecule has 0 bridgehead atoms. The van der Waals surface area contributed by atoms with Crippen molar-refractivity contribution >= 4 is 17.5 Å². The number of benzene rings is 2. The molecule has 0 aromatic heterocycles. The predicted octanol–water partition coefficient (Wildman–Crippen LogP) is 3.04. The van der Waals surface area contributed by atoms with Gasteiger partial charge in [0.1, 0.15) is 5.75 Å². The summed E-state index contributed by atoms with van der Waals surface area (Å²) in [6, 6.07) is 14.1. The third kappa shape index (κ3) is 4.00. The van der Waals surface area contributed by atoms with E-state index in [9.17, 15) is 9.90 Å². The van der Waals surface area contributed by atoms with E-state index in [2.05, 4.69) is 0 Å². The van der Waals surface area contributed by atoms with Crippen LogP contribution in [0.25, 0.3) is 0 Å². The number of halogens is 1. The van der Waals surface area contributed by atoms with E-state index in [0.717, 1.165) is 5.56 Å². The van der Waals surface area contributed by atoms with Crippen LogP contribution in [-0.2, 0) is 11.3 Å². The fourth-order valence-electron chi connectivity index (χ4n) is 2.15. The Morgan fingerprint density at radius 2 is 2.00 bits per heavy atom. The van der Waals surface area contributed by atoms with E-state index in [-0.39, 0.29) is 5.91 Å². The molecular weight excluding hydrogens is 302 g/mol. The molecule has 0 saturated heterocycles. The zero-order valence-electron chi connectivity index (χ0n) is 12.5. The zero-order chi connectivity index (χ0) is 16.1. The number of methoxy groups -OCH3 is 1. The standard InChI is InChI=1S/C17H18ClNO3/c1-19(11-12-5-3-7-14(18)9-12)17(21)16(20)13-6-4-8-15(10-13)22-2/h3-10,16,20H,11H2,1-2H3. The summed E-state index contributed by atoms with van der Waals surface area (Å²) in [6.45, 7) is 0.375. The summed E-state index contributed by atoms with van der Waals surface area (Å²) in [5.74, 6) is 0.218. The highest BCUT2D eigenvalue weighted by Crippen LogP contribution is 2.21. The molecule has 0 aliphatic carbocycles. The van der Waals surface area contributed by atoms with Crippen LogP contribution < -0.4 is 4.74 Å². The van der Waals surface area contributed by atoms with Gasteiger partial charge in [0, 0.05) is 18.6 Å². The first kappa shape index (κ1) is 16.3. The van der Waals surface area contributed by atoms with Gasteiger partial charge in [0.25, 0.3) is 5.91 Å².